The Morgan fingerprint density at radius 1 is 1.00 bits per heavy atom. The lowest BCUT2D eigenvalue weighted by Gasteiger charge is -2.48. The van der Waals surface area contributed by atoms with Crippen LogP contribution in [-0.4, -0.2) is 73.7 Å². The topological polar surface area (TPSA) is 104 Å². The lowest BCUT2D eigenvalue weighted by molar-refractivity contribution is -0.230. The molecule has 1 aliphatic rings. The second-order valence-corrected chi connectivity index (χ2v) is 4.18. The molecule has 5 N–H and O–H groups in total. The molecule has 1 saturated heterocycles. The molecule has 1 unspecified atom stereocenters. The van der Waals surface area contributed by atoms with Crippen LogP contribution >= 0.6 is 0 Å². The summed E-state index contributed by atoms with van der Waals surface area (Å²) in [6.07, 6.45) is -5.41. The molecule has 15 heavy (non-hydrogen) atoms. The Hall–Kier alpha value is -0.240. The second kappa shape index (κ2) is 4.73. The first-order valence-electron chi connectivity index (χ1n) is 5.02. The zero-order chi connectivity index (χ0) is 11.7. The Kier molecular flexibility index (Phi) is 4.05. The fourth-order valence-corrected chi connectivity index (χ4v) is 2.05. The van der Waals surface area contributed by atoms with E-state index in [2.05, 4.69) is 0 Å². The molecule has 6 nitrogen and oxygen atoms in total. The first-order chi connectivity index (χ1) is 6.91. The van der Waals surface area contributed by atoms with E-state index in [9.17, 15) is 20.4 Å². The number of rotatable bonds is 2. The summed E-state index contributed by atoms with van der Waals surface area (Å²) in [5, 5.41) is 47.3. The Bertz CT molecular complexity index is 213. The highest BCUT2D eigenvalue weighted by atomic mass is 16.4. The van der Waals surface area contributed by atoms with E-state index < -0.39 is 30.6 Å². The predicted molar refractivity (Wildman–Crippen MR) is 51.9 cm³/mol. The van der Waals surface area contributed by atoms with Gasteiger partial charge in [-0.05, 0) is 13.8 Å². The summed E-state index contributed by atoms with van der Waals surface area (Å²) in [4.78, 5) is 1.39. The maximum Gasteiger partial charge on any atom is 0.136 e. The van der Waals surface area contributed by atoms with Crippen LogP contribution in [0.4, 0.5) is 0 Å². The summed E-state index contributed by atoms with van der Waals surface area (Å²) in [7, 11) is 0. The third-order valence-corrected chi connectivity index (χ3v) is 2.87. The molecule has 1 rings (SSSR count). The van der Waals surface area contributed by atoms with Crippen LogP contribution in [0.25, 0.3) is 0 Å². The van der Waals surface area contributed by atoms with Crippen molar-refractivity contribution in [3.05, 3.63) is 0 Å². The molecule has 0 aromatic heterocycles. The van der Waals surface area contributed by atoms with Crippen LogP contribution in [0.1, 0.15) is 13.8 Å². The molecule has 0 radical (unpaired) electrons. The SMILES string of the molecule is CC(C)N1C(O)[C@H](O)[C@@H](O)[C@H](O)[C@H]1CO. The molecule has 1 aliphatic heterocycles. The van der Waals surface area contributed by atoms with Gasteiger partial charge >= 0.3 is 0 Å². The smallest absolute Gasteiger partial charge is 0.136 e. The van der Waals surface area contributed by atoms with E-state index in [1.54, 1.807) is 13.8 Å². The normalized spacial score (nSPS) is 43.6. The Balaban J connectivity index is 2.92. The van der Waals surface area contributed by atoms with Gasteiger partial charge in [-0.15, -0.1) is 0 Å². The van der Waals surface area contributed by atoms with Gasteiger partial charge in [0.25, 0.3) is 0 Å². The van der Waals surface area contributed by atoms with Crippen molar-refractivity contribution in [1.82, 2.24) is 4.90 Å². The number of likely N-dealkylation sites (tertiary alicyclic amines) is 1. The number of hydrogen-bond acceptors (Lipinski definition) is 6. The molecule has 1 heterocycles. The molecule has 0 aliphatic carbocycles. The number of aliphatic hydroxyl groups is 5. The third-order valence-electron chi connectivity index (χ3n) is 2.87. The van der Waals surface area contributed by atoms with Crippen LogP contribution < -0.4 is 0 Å². The van der Waals surface area contributed by atoms with Gasteiger partial charge in [0.15, 0.2) is 0 Å². The van der Waals surface area contributed by atoms with Crippen molar-refractivity contribution >= 4 is 0 Å². The molecule has 0 saturated carbocycles. The van der Waals surface area contributed by atoms with Gasteiger partial charge in [0.1, 0.15) is 24.5 Å². The van der Waals surface area contributed by atoms with E-state index in [-0.39, 0.29) is 12.6 Å². The minimum absolute atomic E-state index is 0.158. The highest BCUT2D eigenvalue weighted by molar-refractivity contribution is 4.97. The van der Waals surface area contributed by atoms with Crippen LogP contribution in [0.15, 0.2) is 0 Å². The van der Waals surface area contributed by atoms with Crippen molar-refractivity contribution in [3.8, 4) is 0 Å². The summed E-state index contributed by atoms with van der Waals surface area (Å²) in [5.74, 6) is 0. The van der Waals surface area contributed by atoms with Gasteiger partial charge in [-0.3, -0.25) is 4.90 Å². The summed E-state index contributed by atoms with van der Waals surface area (Å²) in [6.45, 7) is 3.15. The van der Waals surface area contributed by atoms with Crippen molar-refractivity contribution in [3.63, 3.8) is 0 Å². The van der Waals surface area contributed by atoms with E-state index in [1.165, 1.54) is 4.90 Å². The molecular formula is C9H19NO5. The largest absolute Gasteiger partial charge is 0.395 e. The van der Waals surface area contributed by atoms with Gasteiger partial charge in [0, 0.05) is 6.04 Å². The molecule has 0 aromatic rings. The zero-order valence-corrected chi connectivity index (χ0v) is 8.85. The van der Waals surface area contributed by atoms with Crippen LogP contribution in [-0.2, 0) is 0 Å². The van der Waals surface area contributed by atoms with Crippen molar-refractivity contribution in [2.24, 2.45) is 0 Å². The molecular weight excluding hydrogens is 202 g/mol. The van der Waals surface area contributed by atoms with Gasteiger partial charge in [0.05, 0.1) is 12.6 Å². The number of nitrogens with zero attached hydrogens (tertiary/aromatic N) is 1. The van der Waals surface area contributed by atoms with Gasteiger partial charge in [-0.1, -0.05) is 0 Å². The van der Waals surface area contributed by atoms with Crippen LogP contribution in [0.5, 0.6) is 0 Å². The van der Waals surface area contributed by atoms with Gasteiger partial charge < -0.3 is 25.5 Å². The zero-order valence-electron chi connectivity index (χ0n) is 8.85. The van der Waals surface area contributed by atoms with E-state index in [0.29, 0.717) is 0 Å². The summed E-state index contributed by atoms with van der Waals surface area (Å²) in [5.41, 5.74) is 0. The molecule has 5 atom stereocenters. The molecule has 1 fully saturated rings. The number of piperidine rings is 1. The Labute approximate surface area is 88.4 Å². The van der Waals surface area contributed by atoms with Gasteiger partial charge in [-0.2, -0.15) is 0 Å². The Morgan fingerprint density at radius 3 is 1.93 bits per heavy atom. The van der Waals surface area contributed by atoms with Crippen molar-refractivity contribution in [2.75, 3.05) is 6.61 Å². The lowest BCUT2D eigenvalue weighted by atomic mass is 9.91. The minimum atomic E-state index is -1.44. The molecule has 90 valence electrons. The van der Waals surface area contributed by atoms with E-state index >= 15 is 0 Å². The summed E-state index contributed by atoms with van der Waals surface area (Å²) in [6, 6.07) is -0.924. The maximum absolute atomic E-state index is 9.69. The lowest BCUT2D eigenvalue weighted by Crippen LogP contribution is -2.68. The minimum Gasteiger partial charge on any atom is -0.395 e. The Morgan fingerprint density at radius 2 is 1.53 bits per heavy atom. The summed E-state index contributed by atoms with van der Waals surface area (Å²) >= 11 is 0. The fourth-order valence-electron chi connectivity index (χ4n) is 2.05. The maximum atomic E-state index is 9.69. The quantitative estimate of drug-likeness (QED) is 0.352. The average Bonchev–Trinajstić information content (AvgIpc) is 2.19. The number of hydrogen-bond donors (Lipinski definition) is 5. The molecule has 6 heteroatoms. The fraction of sp³-hybridized carbons (Fsp3) is 1.00. The van der Waals surface area contributed by atoms with E-state index in [4.69, 9.17) is 5.11 Å². The van der Waals surface area contributed by atoms with Crippen LogP contribution in [0, 0.1) is 0 Å². The first-order valence-corrected chi connectivity index (χ1v) is 5.02. The highest BCUT2D eigenvalue weighted by Gasteiger charge is 2.47. The predicted octanol–water partition coefficient (Wildman–Crippen LogP) is -2.53. The first kappa shape index (κ1) is 12.8. The molecule has 0 amide bonds. The van der Waals surface area contributed by atoms with Gasteiger partial charge in [-0.25, -0.2) is 0 Å². The molecule has 0 aromatic carbocycles. The van der Waals surface area contributed by atoms with Crippen molar-refractivity contribution < 1.29 is 25.5 Å². The summed E-state index contributed by atoms with van der Waals surface area (Å²) < 4.78 is 0. The monoisotopic (exact) mass is 221 g/mol. The van der Waals surface area contributed by atoms with Crippen LogP contribution in [0.2, 0.25) is 0 Å². The standard InChI is InChI=1S/C9H19NO5/c1-4(2)10-5(3-11)6(12)7(13)8(14)9(10)15/h4-9,11-15H,3H2,1-2H3/t5-,6-,7+,8-,9?/m1/s1. The van der Waals surface area contributed by atoms with Crippen LogP contribution in [0.3, 0.4) is 0 Å². The molecule has 0 spiro atoms. The van der Waals surface area contributed by atoms with Gasteiger partial charge in [0.2, 0.25) is 0 Å². The van der Waals surface area contributed by atoms with Crippen molar-refractivity contribution in [2.45, 2.75) is 50.5 Å². The van der Waals surface area contributed by atoms with E-state index in [1.807, 2.05) is 0 Å². The second-order valence-electron chi connectivity index (χ2n) is 4.18. The van der Waals surface area contributed by atoms with Crippen molar-refractivity contribution in [1.29, 1.82) is 0 Å². The third kappa shape index (κ3) is 2.15. The average molecular weight is 221 g/mol. The number of aliphatic hydroxyl groups excluding tert-OH is 5. The molecule has 0 bridgehead atoms. The highest BCUT2D eigenvalue weighted by Crippen LogP contribution is 2.25. The van der Waals surface area contributed by atoms with E-state index in [0.717, 1.165) is 0 Å².